The number of hydrogen-bond donors (Lipinski definition) is 1. The number of rotatable bonds is 3. The molecule has 2 aromatic carbocycles. The fourth-order valence-electron chi connectivity index (χ4n) is 3.29. The van der Waals surface area contributed by atoms with Crippen molar-refractivity contribution in [1.29, 1.82) is 0 Å². The van der Waals surface area contributed by atoms with Crippen molar-refractivity contribution in [2.45, 2.75) is 18.9 Å². The first-order chi connectivity index (χ1) is 12.2. The van der Waals surface area contributed by atoms with Crippen molar-refractivity contribution in [3.05, 3.63) is 70.7 Å². The molecule has 1 N–H and O–H groups in total. The first-order valence-electron chi connectivity index (χ1n) is 8.38. The summed E-state index contributed by atoms with van der Waals surface area (Å²) < 4.78 is 1.85. The van der Waals surface area contributed by atoms with Crippen LogP contribution in [-0.4, -0.2) is 44.3 Å². The summed E-state index contributed by atoms with van der Waals surface area (Å²) in [5.41, 5.74) is 1.56. The first kappa shape index (κ1) is 16.1. The number of carbonyl (C=O) groups is 2. The van der Waals surface area contributed by atoms with E-state index in [1.807, 2.05) is 60.7 Å². The summed E-state index contributed by atoms with van der Waals surface area (Å²) in [6, 6.07) is 19.4. The average Bonchev–Trinajstić information content (AvgIpc) is 3.12. The van der Waals surface area contributed by atoms with Gasteiger partial charge in [0.2, 0.25) is 0 Å². The van der Waals surface area contributed by atoms with Crippen LogP contribution in [0.3, 0.4) is 0 Å². The fourth-order valence-corrected chi connectivity index (χ4v) is 5.40. The Morgan fingerprint density at radius 2 is 1.64 bits per heavy atom. The standard InChI is InChI=1S/C20H18N2O2Se/c23-19-16-12-7-13-22(16)20(24)18(25-15-10-5-2-6-11-15)17(21-19)14-8-3-1-4-9-14/h1-6,8-11,16H,7,12-13H2,(H,21,23)/t16-/m0/s1. The molecule has 2 aliphatic heterocycles. The van der Waals surface area contributed by atoms with E-state index in [-0.39, 0.29) is 32.8 Å². The number of amides is 2. The minimum atomic E-state index is -0.338. The van der Waals surface area contributed by atoms with Crippen molar-refractivity contribution in [2.75, 3.05) is 6.54 Å². The van der Waals surface area contributed by atoms with Gasteiger partial charge in [0.25, 0.3) is 0 Å². The Labute approximate surface area is 153 Å². The van der Waals surface area contributed by atoms with Crippen molar-refractivity contribution in [3.63, 3.8) is 0 Å². The van der Waals surface area contributed by atoms with E-state index in [0.29, 0.717) is 12.2 Å². The normalized spacial score (nSPS) is 20.3. The fraction of sp³-hybridized carbons (Fsp3) is 0.200. The molecule has 0 spiro atoms. The van der Waals surface area contributed by atoms with E-state index < -0.39 is 0 Å². The predicted molar refractivity (Wildman–Crippen MR) is 98.1 cm³/mol. The molecular weight excluding hydrogens is 379 g/mol. The monoisotopic (exact) mass is 398 g/mol. The summed E-state index contributed by atoms with van der Waals surface area (Å²) >= 11 is -0.172. The van der Waals surface area contributed by atoms with Crippen LogP contribution >= 0.6 is 0 Å². The van der Waals surface area contributed by atoms with Crippen molar-refractivity contribution >= 4 is 36.9 Å². The third-order valence-electron chi connectivity index (χ3n) is 4.51. The van der Waals surface area contributed by atoms with E-state index in [9.17, 15) is 9.59 Å². The average molecular weight is 397 g/mol. The Bertz CT molecular complexity index is 833. The summed E-state index contributed by atoms with van der Waals surface area (Å²) in [6.45, 7) is 0.660. The van der Waals surface area contributed by atoms with E-state index in [2.05, 4.69) is 5.32 Å². The predicted octanol–water partition coefficient (Wildman–Crippen LogP) is 1.51. The number of fused-ring (bicyclic) bond motifs is 1. The molecule has 1 fully saturated rings. The third-order valence-corrected chi connectivity index (χ3v) is 6.80. The van der Waals surface area contributed by atoms with Gasteiger partial charge in [0, 0.05) is 0 Å². The second-order valence-electron chi connectivity index (χ2n) is 6.13. The van der Waals surface area contributed by atoms with Gasteiger partial charge in [0.05, 0.1) is 0 Å². The minimum absolute atomic E-state index is 0.00329. The van der Waals surface area contributed by atoms with Gasteiger partial charge in [-0.2, -0.15) is 0 Å². The van der Waals surface area contributed by atoms with Crippen LogP contribution in [0.25, 0.3) is 5.70 Å². The van der Waals surface area contributed by atoms with Crippen LogP contribution in [0.2, 0.25) is 0 Å². The van der Waals surface area contributed by atoms with E-state index in [1.165, 1.54) is 0 Å². The molecule has 5 heteroatoms. The molecule has 0 bridgehead atoms. The van der Waals surface area contributed by atoms with Crippen molar-refractivity contribution in [3.8, 4) is 0 Å². The van der Waals surface area contributed by atoms with Gasteiger partial charge in [-0.1, -0.05) is 0 Å². The van der Waals surface area contributed by atoms with Gasteiger partial charge in [0.15, 0.2) is 0 Å². The Morgan fingerprint density at radius 3 is 2.36 bits per heavy atom. The SMILES string of the molecule is O=C1NC(c2ccccc2)=C([Se]c2ccccc2)C(=O)N2CCC[C@@H]12. The number of carbonyl (C=O) groups excluding carboxylic acids is 2. The molecule has 1 saturated heterocycles. The van der Waals surface area contributed by atoms with Crippen LogP contribution in [0.5, 0.6) is 0 Å². The maximum atomic E-state index is 13.3. The molecule has 0 aliphatic carbocycles. The van der Waals surface area contributed by atoms with Crippen LogP contribution in [0, 0.1) is 0 Å². The Kier molecular flexibility index (Phi) is 4.43. The zero-order valence-electron chi connectivity index (χ0n) is 13.6. The molecule has 1 atom stereocenters. The number of nitrogens with one attached hydrogen (secondary N) is 1. The van der Waals surface area contributed by atoms with Crippen molar-refractivity contribution in [2.24, 2.45) is 0 Å². The maximum absolute atomic E-state index is 13.3. The van der Waals surface area contributed by atoms with E-state index >= 15 is 0 Å². The van der Waals surface area contributed by atoms with Crippen molar-refractivity contribution < 1.29 is 9.59 Å². The van der Waals surface area contributed by atoms with Crippen LogP contribution in [-0.2, 0) is 9.59 Å². The molecule has 126 valence electrons. The molecule has 2 heterocycles. The van der Waals surface area contributed by atoms with Crippen LogP contribution < -0.4 is 9.78 Å². The van der Waals surface area contributed by atoms with Gasteiger partial charge in [0.1, 0.15) is 0 Å². The van der Waals surface area contributed by atoms with Crippen molar-refractivity contribution in [1.82, 2.24) is 10.2 Å². The topological polar surface area (TPSA) is 49.4 Å². The number of hydrogen-bond acceptors (Lipinski definition) is 2. The second-order valence-corrected chi connectivity index (χ2v) is 8.40. The first-order valence-corrected chi connectivity index (χ1v) is 10.1. The molecule has 4 rings (SSSR count). The summed E-state index contributed by atoms with van der Waals surface area (Å²) in [5.74, 6) is -0.0629. The summed E-state index contributed by atoms with van der Waals surface area (Å²) in [5, 5.41) is 3.06. The summed E-state index contributed by atoms with van der Waals surface area (Å²) in [4.78, 5) is 27.7. The quantitative estimate of drug-likeness (QED) is 0.799. The van der Waals surface area contributed by atoms with Gasteiger partial charge in [-0.05, 0) is 0 Å². The van der Waals surface area contributed by atoms with Crippen LogP contribution in [0.15, 0.2) is 65.1 Å². The Hall–Kier alpha value is -2.36. The van der Waals surface area contributed by atoms with Gasteiger partial charge >= 0.3 is 153 Å². The number of benzene rings is 2. The van der Waals surface area contributed by atoms with Gasteiger partial charge in [-0.3, -0.25) is 0 Å². The molecule has 2 aliphatic rings. The summed E-state index contributed by atoms with van der Waals surface area (Å²) in [7, 11) is 0. The molecule has 0 radical (unpaired) electrons. The molecule has 2 aromatic rings. The molecule has 25 heavy (non-hydrogen) atoms. The zero-order valence-corrected chi connectivity index (χ0v) is 15.4. The zero-order chi connectivity index (χ0) is 17.2. The Morgan fingerprint density at radius 1 is 0.960 bits per heavy atom. The van der Waals surface area contributed by atoms with Crippen LogP contribution in [0.1, 0.15) is 18.4 Å². The number of nitrogens with zero attached hydrogens (tertiary/aromatic N) is 1. The summed E-state index contributed by atoms with van der Waals surface area (Å²) in [6.07, 6.45) is 1.63. The third kappa shape index (κ3) is 3.13. The molecule has 0 unspecified atom stereocenters. The molecular formula is C20H18N2O2Se. The van der Waals surface area contributed by atoms with Crippen LogP contribution in [0.4, 0.5) is 0 Å². The Balaban J connectivity index is 1.83. The molecule has 2 amide bonds. The second kappa shape index (κ2) is 6.87. The van der Waals surface area contributed by atoms with Gasteiger partial charge < -0.3 is 0 Å². The van der Waals surface area contributed by atoms with E-state index in [1.54, 1.807) is 4.90 Å². The molecule has 4 nitrogen and oxygen atoms in total. The molecule has 0 aromatic heterocycles. The van der Waals surface area contributed by atoms with Gasteiger partial charge in [-0.25, -0.2) is 0 Å². The van der Waals surface area contributed by atoms with E-state index in [4.69, 9.17) is 0 Å². The van der Waals surface area contributed by atoms with Gasteiger partial charge in [-0.15, -0.1) is 0 Å². The molecule has 0 saturated carbocycles. The van der Waals surface area contributed by atoms with E-state index in [0.717, 1.165) is 27.3 Å².